The normalized spacial score (nSPS) is 16.3. The van der Waals surface area contributed by atoms with Gasteiger partial charge in [-0.2, -0.15) is 4.39 Å². The largest absolute Gasteiger partial charge is 0.376 e. The van der Waals surface area contributed by atoms with Crippen LogP contribution in [0.2, 0.25) is 5.02 Å². The Balaban J connectivity index is 0.000000296. The summed E-state index contributed by atoms with van der Waals surface area (Å²) in [6.07, 6.45) is 10.9. The lowest BCUT2D eigenvalue weighted by atomic mass is 9.99. The number of halogens is 2. The van der Waals surface area contributed by atoms with Gasteiger partial charge in [0.25, 0.3) is 5.95 Å². The van der Waals surface area contributed by atoms with Crippen molar-refractivity contribution in [3.63, 3.8) is 0 Å². The summed E-state index contributed by atoms with van der Waals surface area (Å²) < 4.78 is 18.7. The summed E-state index contributed by atoms with van der Waals surface area (Å²) in [6, 6.07) is 1.73. The van der Waals surface area contributed by atoms with Gasteiger partial charge in [-0.1, -0.05) is 18.0 Å². The van der Waals surface area contributed by atoms with E-state index in [0.717, 1.165) is 6.61 Å². The van der Waals surface area contributed by atoms with E-state index in [0.29, 0.717) is 22.1 Å². The Hall–Kier alpha value is -2.36. The van der Waals surface area contributed by atoms with Crippen LogP contribution < -0.4 is 16.0 Å². The predicted molar refractivity (Wildman–Crippen MR) is 137 cm³/mol. The SMILES string of the molecule is C1CCNCC1.C=O.CC1(C)CCCCO1.CNc1cc(-c2cnc(F)c(NC)n2)c(Cl)cn1. The molecule has 0 bridgehead atoms. The predicted octanol–water partition coefficient (Wildman–Crippen LogP) is 4.96. The maximum atomic E-state index is 13.2. The molecule has 2 aromatic rings. The van der Waals surface area contributed by atoms with E-state index in [1.54, 1.807) is 20.2 Å². The summed E-state index contributed by atoms with van der Waals surface area (Å²) in [5, 5.41) is 9.24. The second-order valence-electron chi connectivity index (χ2n) is 8.32. The van der Waals surface area contributed by atoms with Gasteiger partial charge in [-0.25, -0.2) is 15.0 Å². The Labute approximate surface area is 207 Å². The first-order valence-electron chi connectivity index (χ1n) is 11.5. The number of piperidine rings is 1. The van der Waals surface area contributed by atoms with Crippen molar-refractivity contribution in [1.29, 1.82) is 0 Å². The fraction of sp³-hybridized carbons (Fsp3) is 0.583. The van der Waals surface area contributed by atoms with Gasteiger partial charge in [-0.15, -0.1) is 0 Å². The molecule has 2 aromatic heterocycles. The number of anilines is 2. The summed E-state index contributed by atoms with van der Waals surface area (Å²) in [4.78, 5) is 19.8. The standard InChI is InChI=1S/C11H11ClFN5.C7H14O.C5H11N.CH2O/c1-14-9-3-6(7(12)4-16-9)8-5-17-10(13)11(15-2)18-8;1-7(2)5-3-4-6-8-7;1-2-4-6-5-3-1;1-2/h3-5H,1-2H3,(H,14,16)(H,15,18);3-6H2,1-2H3;6H,1-5H2;1H2. The third-order valence-electron chi connectivity index (χ3n) is 5.23. The zero-order chi connectivity index (χ0) is 25.4. The van der Waals surface area contributed by atoms with Gasteiger partial charge in [0.2, 0.25) is 0 Å². The molecule has 10 heteroatoms. The molecule has 2 fully saturated rings. The van der Waals surface area contributed by atoms with Crippen LogP contribution in [0.15, 0.2) is 18.5 Å². The second kappa shape index (κ2) is 16.3. The number of ether oxygens (including phenoxy) is 1. The summed E-state index contributed by atoms with van der Waals surface area (Å²) in [6.45, 7) is 9.78. The molecule has 0 aliphatic carbocycles. The Morgan fingerprint density at radius 2 is 1.76 bits per heavy atom. The molecule has 190 valence electrons. The number of hydrogen-bond donors (Lipinski definition) is 3. The van der Waals surface area contributed by atoms with Crippen LogP contribution in [0.3, 0.4) is 0 Å². The monoisotopic (exact) mass is 496 g/mol. The molecule has 2 saturated heterocycles. The third kappa shape index (κ3) is 10.7. The average Bonchev–Trinajstić information content (AvgIpc) is 2.88. The summed E-state index contributed by atoms with van der Waals surface area (Å²) in [5.74, 6) is 0.0678. The van der Waals surface area contributed by atoms with Gasteiger partial charge in [0.05, 0.1) is 22.5 Å². The lowest BCUT2D eigenvalue weighted by Gasteiger charge is -2.29. The van der Waals surface area contributed by atoms with Gasteiger partial charge in [0.1, 0.15) is 12.6 Å². The molecule has 0 amide bonds. The molecule has 4 rings (SSSR count). The van der Waals surface area contributed by atoms with Gasteiger partial charge < -0.3 is 25.5 Å². The Morgan fingerprint density at radius 1 is 1.06 bits per heavy atom. The van der Waals surface area contributed by atoms with E-state index in [9.17, 15) is 4.39 Å². The molecule has 0 saturated carbocycles. The first-order chi connectivity index (χ1) is 16.4. The van der Waals surface area contributed by atoms with Gasteiger partial charge in [0, 0.05) is 32.5 Å². The minimum Gasteiger partial charge on any atom is -0.376 e. The maximum Gasteiger partial charge on any atom is 0.255 e. The fourth-order valence-electron chi connectivity index (χ4n) is 3.31. The highest BCUT2D eigenvalue weighted by Gasteiger charge is 2.20. The lowest BCUT2D eigenvalue weighted by molar-refractivity contribution is -0.0980. The van der Waals surface area contributed by atoms with Crippen molar-refractivity contribution in [2.75, 3.05) is 44.4 Å². The molecule has 0 spiro atoms. The minimum absolute atomic E-state index is 0.0754. The number of rotatable bonds is 3. The molecular weight excluding hydrogens is 459 g/mol. The van der Waals surface area contributed by atoms with E-state index in [1.807, 2.05) is 6.79 Å². The summed E-state index contributed by atoms with van der Waals surface area (Å²) in [5.41, 5.74) is 1.29. The van der Waals surface area contributed by atoms with E-state index in [1.165, 1.54) is 64.0 Å². The first-order valence-corrected chi connectivity index (χ1v) is 11.9. The molecule has 4 heterocycles. The molecule has 2 aliphatic rings. The van der Waals surface area contributed by atoms with Gasteiger partial charge in [-0.3, -0.25) is 0 Å². The molecule has 0 aromatic carbocycles. The van der Waals surface area contributed by atoms with E-state index >= 15 is 0 Å². The van der Waals surface area contributed by atoms with Crippen molar-refractivity contribution in [2.24, 2.45) is 0 Å². The van der Waals surface area contributed by atoms with E-state index < -0.39 is 5.95 Å². The molecule has 2 aliphatic heterocycles. The van der Waals surface area contributed by atoms with Crippen molar-refractivity contribution in [3.8, 4) is 11.3 Å². The van der Waals surface area contributed by atoms with Crippen molar-refractivity contribution in [1.82, 2.24) is 20.3 Å². The van der Waals surface area contributed by atoms with Crippen LogP contribution in [0.25, 0.3) is 11.3 Å². The quantitative estimate of drug-likeness (QED) is 0.548. The van der Waals surface area contributed by atoms with Gasteiger partial charge >= 0.3 is 0 Å². The van der Waals surface area contributed by atoms with Crippen LogP contribution in [0.5, 0.6) is 0 Å². The molecule has 0 atom stereocenters. The van der Waals surface area contributed by atoms with Gasteiger partial charge in [-0.05, 0) is 65.1 Å². The van der Waals surface area contributed by atoms with Crippen molar-refractivity contribution in [3.05, 3.63) is 29.4 Å². The minimum atomic E-state index is -0.653. The van der Waals surface area contributed by atoms with Crippen LogP contribution in [0.4, 0.5) is 16.0 Å². The van der Waals surface area contributed by atoms with Gasteiger partial charge in [0.15, 0.2) is 5.82 Å². The molecule has 0 radical (unpaired) electrons. The molecule has 0 unspecified atom stereocenters. The smallest absolute Gasteiger partial charge is 0.255 e. The number of nitrogens with zero attached hydrogens (tertiary/aromatic N) is 3. The fourth-order valence-corrected chi connectivity index (χ4v) is 3.51. The maximum absolute atomic E-state index is 13.2. The highest BCUT2D eigenvalue weighted by molar-refractivity contribution is 6.33. The van der Waals surface area contributed by atoms with Crippen molar-refractivity contribution < 1.29 is 13.9 Å². The van der Waals surface area contributed by atoms with E-state index in [-0.39, 0.29) is 11.4 Å². The number of pyridine rings is 1. The zero-order valence-electron chi connectivity index (χ0n) is 20.7. The molecule has 34 heavy (non-hydrogen) atoms. The summed E-state index contributed by atoms with van der Waals surface area (Å²) in [7, 11) is 3.32. The lowest BCUT2D eigenvalue weighted by Crippen LogP contribution is -2.28. The molecule has 3 N–H and O–H groups in total. The number of carbonyl (C=O) groups is 1. The van der Waals surface area contributed by atoms with E-state index in [2.05, 4.69) is 44.7 Å². The summed E-state index contributed by atoms with van der Waals surface area (Å²) >= 11 is 6.05. The molecular formula is C24H38ClFN6O2. The van der Waals surface area contributed by atoms with Crippen molar-refractivity contribution >= 4 is 30.0 Å². The number of aromatic nitrogens is 3. The zero-order valence-corrected chi connectivity index (χ0v) is 21.5. The highest BCUT2D eigenvalue weighted by Crippen LogP contribution is 2.28. The van der Waals surface area contributed by atoms with Crippen LogP contribution in [-0.4, -0.2) is 61.1 Å². The van der Waals surface area contributed by atoms with Crippen LogP contribution in [-0.2, 0) is 9.53 Å². The average molecular weight is 497 g/mol. The number of hydrogen-bond acceptors (Lipinski definition) is 8. The topological polar surface area (TPSA) is 101 Å². The number of carbonyl (C=O) groups excluding carboxylic acids is 1. The number of nitrogens with one attached hydrogen (secondary N) is 3. The second-order valence-corrected chi connectivity index (χ2v) is 8.73. The Morgan fingerprint density at radius 3 is 2.21 bits per heavy atom. The third-order valence-corrected chi connectivity index (χ3v) is 5.53. The first kappa shape index (κ1) is 29.7. The Bertz CT molecular complexity index is 833. The van der Waals surface area contributed by atoms with Crippen molar-refractivity contribution in [2.45, 2.75) is 58.0 Å². The van der Waals surface area contributed by atoms with Crippen LogP contribution in [0, 0.1) is 5.95 Å². The van der Waals surface area contributed by atoms with Crippen LogP contribution in [0.1, 0.15) is 52.4 Å². The molecule has 8 nitrogen and oxygen atoms in total. The highest BCUT2D eigenvalue weighted by atomic mass is 35.5. The van der Waals surface area contributed by atoms with Crippen LogP contribution >= 0.6 is 11.6 Å². The Kier molecular flexibility index (Phi) is 14.2. The van der Waals surface area contributed by atoms with E-state index in [4.69, 9.17) is 21.1 Å².